The SMILES string of the molecule is CCc1nn(C)c(CC)c1CNC(=NC)N1CC(CCN2CCCC2=O)c2ccccc21.I. The summed E-state index contributed by atoms with van der Waals surface area (Å²) in [5.41, 5.74) is 6.29. The van der Waals surface area contributed by atoms with Gasteiger partial charge in [-0.15, -0.1) is 24.0 Å². The predicted octanol–water partition coefficient (Wildman–Crippen LogP) is 3.85. The number of para-hydroxylation sites is 1. The van der Waals surface area contributed by atoms with Gasteiger partial charge in [0.05, 0.1) is 5.69 Å². The number of nitrogens with zero attached hydrogens (tertiary/aromatic N) is 5. The number of guanidine groups is 1. The molecule has 0 bridgehead atoms. The third kappa shape index (κ3) is 5.20. The van der Waals surface area contributed by atoms with Crippen LogP contribution >= 0.6 is 24.0 Å². The van der Waals surface area contributed by atoms with E-state index in [9.17, 15) is 4.79 Å². The number of aromatic nitrogens is 2. The highest BCUT2D eigenvalue weighted by molar-refractivity contribution is 14.0. The van der Waals surface area contributed by atoms with Crippen LogP contribution in [0.4, 0.5) is 5.69 Å². The Morgan fingerprint density at radius 2 is 2.03 bits per heavy atom. The van der Waals surface area contributed by atoms with Crippen molar-refractivity contribution in [2.75, 3.05) is 31.6 Å². The van der Waals surface area contributed by atoms with Crippen molar-refractivity contribution >= 4 is 41.5 Å². The minimum atomic E-state index is 0. The summed E-state index contributed by atoms with van der Waals surface area (Å²) < 4.78 is 2.01. The summed E-state index contributed by atoms with van der Waals surface area (Å²) in [5.74, 6) is 1.60. The number of halogens is 1. The number of hydrogen-bond acceptors (Lipinski definition) is 3. The molecule has 2 aliphatic rings. The van der Waals surface area contributed by atoms with Crippen molar-refractivity contribution in [1.82, 2.24) is 20.0 Å². The number of aliphatic imine (C=N–C) groups is 1. The quantitative estimate of drug-likeness (QED) is 0.315. The van der Waals surface area contributed by atoms with Gasteiger partial charge in [-0.1, -0.05) is 32.0 Å². The standard InChI is InChI=1S/C25H36N6O.HI/c1-5-21-20(22(6-2)29(4)28-21)16-27-25(26-3)31-17-18(19-10-7-8-11-23(19)31)13-15-30-14-9-12-24(30)32;/h7-8,10-11,18H,5-6,9,12-17H2,1-4H3,(H,26,27);1H. The topological polar surface area (TPSA) is 65.8 Å². The minimum Gasteiger partial charge on any atom is -0.352 e. The molecule has 1 saturated heterocycles. The molecule has 8 heteroatoms. The van der Waals surface area contributed by atoms with Crippen LogP contribution in [0.5, 0.6) is 0 Å². The Morgan fingerprint density at radius 3 is 2.70 bits per heavy atom. The van der Waals surface area contributed by atoms with Gasteiger partial charge >= 0.3 is 0 Å². The van der Waals surface area contributed by atoms with Crippen molar-refractivity contribution in [3.8, 4) is 0 Å². The number of amides is 1. The lowest BCUT2D eigenvalue weighted by Crippen LogP contribution is -2.41. The highest BCUT2D eigenvalue weighted by Crippen LogP contribution is 2.38. The largest absolute Gasteiger partial charge is 0.352 e. The number of hydrogen-bond donors (Lipinski definition) is 1. The Morgan fingerprint density at radius 1 is 1.24 bits per heavy atom. The summed E-state index contributed by atoms with van der Waals surface area (Å²) in [5, 5.41) is 8.32. The van der Waals surface area contributed by atoms with E-state index in [4.69, 9.17) is 5.10 Å². The third-order valence-electron chi connectivity index (χ3n) is 6.91. The zero-order chi connectivity index (χ0) is 22.7. The number of benzene rings is 1. The van der Waals surface area contributed by atoms with Crippen LogP contribution in [0.2, 0.25) is 0 Å². The molecule has 1 aromatic carbocycles. The predicted molar refractivity (Wildman–Crippen MR) is 145 cm³/mol. The Hall–Kier alpha value is -2.10. The van der Waals surface area contributed by atoms with Gasteiger partial charge < -0.3 is 15.1 Å². The lowest BCUT2D eigenvalue weighted by molar-refractivity contribution is -0.127. The first kappa shape index (κ1) is 25.5. The molecule has 33 heavy (non-hydrogen) atoms. The summed E-state index contributed by atoms with van der Waals surface area (Å²) in [6, 6.07) is 8.62. The first-order chi connectivity index (χ1) is 15.6. The fourth-order valence-electron chi connectivity index (χ4n) is 5.25. The maximum atomic E-state index is 12.0. The van der Waals surface area contributed by atoms with Crippen LogP contribution in [0.1, 0.15) is 61.5 Å². The lowest BCUT2D eigenvalue weighted by Gasteiger charge is -2.23. The summed E-state index contributed by atoms with van der Waals surface area (Å²) >= 11 is 0. The van der Waals surface area contributed by atoms with Crippen LogP contribution in [0, 0.1) is 0 Å². The Balaban J connectivity index is 0.00000306. The molecule has 0 spiro atoms. The fraction of sp³-hybridized carbons (Fsp3) is 0.560. The van der Waals surface area contributed by atoms with Gasteiger partial charge in [-0.05, 0) is 37.3 Å². The van der Waals surface area contributed by atoms with Gasteiger partial charge in [-0.2, -0.15) is 5.10 Å². The molecule has 3 heterocycles. The van der Waals surface area contributed by atoms with E-state index in [-0.39, 0.29) is 24.0 Å². The number of likely N-dealkylation sites (tertiary alicyclic amines) is 1. The Labute approximate surface area is 214 Å². The average Bonchev–Trinajstić information content (AvgIpc) is 3.48. The molecule has 1 amide bonds. The van der Waals surface area contributed by atoms with Gasteiger partial charge in [0.15, 0.2) is 5.96 Å². The number of nitrogens with one attached hydrogen (secondary N) is 1. The molecule has 7 nitrogen and oxygen atoms in total. The van der Waals surface area contributed by atoms with Crippen molar-refractivity contribution in [2.24, 2.45) is 12.0 Å². The van der Waals surface area contributed by atoms with E-state index in [2.05, 4.69) is 53.3 Å². The van der Waals surface area contributed by atoms with Gasteiger partial charge in [0, 0.05) is 69.6 Å². The van der Waals surface area contributed by atoms with Crippen LogP contribution in [0.15, 0.2) is 29.3 Å². The molecular formula is C25H37IN6O. The Bertz CT molecular complexity index is 1000. The number of carbonyl (C=O) groups is 1. The molecule has 2 aromatic rings. The first-order valence-corrected chi connectivity index (χ1v) is 12.0. The van der Waals surface area contributed by atoms with E-state index >= 15 is 0 Å². The van der Waals surface area contributed by atoms with Gasteiger partial charge in [0.2, 0.25) is 5.91 Å². The fourth-order valence-corrected chi connectivity index (χ4v) is 5.25. The minimum absolute atomic E-state index is 0. The van der Waals surface area contributed by atoms with Gasteiger partial charge in [0.1, 0.15) is 0 Å². The molecule has 4 rings (SSSR count). The molecule has 0 aliphatic carbocycles. The zero-order valence-corrected chi connectivity index (χ0v) is 22.6. The zero-order valence-electron chi connectivity index (χ0n) is 20.3. The summed E-state index contributed by atoms with van der Waals surface area (Å²) in [7, 11) is 3.88. The molecule has 2 aliphatic heterocycles. The average molecular weight is 565 g/mol. The van der Waals surface area contributed by atoms with Crippen LogP contribution < -0.4 is 10.2 Å². The van der Waals surface area contributed by atoms with Gasteiger partial charge in [0.25, 0.3) is 0 Å². The number of carbonyl (C=O) groups excluding carboxylic acids is 1. The highest BCUT2D eigenvalue weighted by atomic mass is 127. The smallest absolute Gasteiger partial charge is 0.222 e. The molecule has 1 fully saturated rings. The van der Waals surface area contributed by atoms with Crippen LogP contribution in [0.3, 0.4) is 0 Å². The van der Waals surface area contributed by atoms with Crippen LogP contribution in [0.25, 0.3) is 0 Å². The van der Waals surface area contributed by atoms with E-state index in [1.54, 1.807) is 0 Å². The number of rotatable bonds is 7. The van der Waals surface area contributed by atoms with Crippen molar-refractivity contribution in [1.29, 1.82) is 0 Å². The molecule has 180 valence electrons. The lowest BCUT2D eigenvalue weighted by atomic mass is 9.98. The third-order valence-corrected chi connectivity index (χ3v) is 6.91. The summed E-state index contributed by atoms with van der Waals surface area (Å²) in [4.78, 5) is 21.0. The van der Waals surface area contributed by atoms with Crippen molar-refractivity contribution in [2.45, 2.75) is 58.4 Å². The van der Waals surface area contributed by atoms with Crippen molar-refractivity contribution in [3.05, 3.63) is 46.8 Å². The van der Waals surface area contributed by atoms with E-state index in [0.717, 1.165) is 63.5 Å². The molecule has 0 saturated carbocycles. The second-order valence-corrected chi connectivity index (χ2v) is 8.74. The van der Waals surface area contributed by atoms with Crippen molar-refractivity contribution in [3.63, 3.8) is 0 Å². The molecule has 1 unspecified atom stereocenters. The second kappa shape index (κ2) is 11.4. The summed E-state index contributed by atoms with van der Waals surface area (Å²) in [6.45, 7) is 7.69. The number of aryl methyl sites for hydroxylation is 2. The monoisotopic (exact) mass is 564 g/mol. The van der Waals surface area contributed by atoms with Crippen LogP contribution in [-0.4, -0.2) is 53.2 Å². The van der Waals surface area contributed by atoms with E-state index < -0.39 is 0 Å². The van der Waals surface area contributed by atoms with E-state index in [1.807, 2.05) is 23.7 Å². The Kier molecular flexibility index (Phi) is 8.78. The summed E-state index contributed by atoms with van der Waals surface area (Å²) in [6.07, 6.45) is 4.57. The molecule has 1 atom stereocenters. The molecular weight excluding hydrogens is 527 g/mol. The maximum Gasteiger partial charge on any atom is 0.222 e. The van der Waals surface area contributed by atoms with Crippen molar-refractivity contribution < 1.29 is 4.79 Å². The highest BCUT2D eigenvalue weighted by Gasteiger charge is 2.32. The maximum absolute atomic E-state index is 12.0. The second-order valence-electron chi connectivity index (χ2n) is 8.74. The molecule has 1 N–H and O–H groups in total. The number of fused-ring (bicyclic) bond motifs is 1. The molecule has 1 aromatic heterocycles. The van der Waals surface area contributed by atoms with E-state index in [0.29, 0.717) is 18.2 Å². The first-order valence-electron chi connectivity index (χ1n) is 12.0. The number of anilines is 1. The van der Waals surface area contributed by atoms with Crippen LogP contribution in [-0.2, 0) is 31.2 Å². The normalized spacial score (nSPS) is 18.0. The van der Waals surface area contributed by atoms with E-state index in [1.165, 1.54) is 22.5 Å². The van der Waals surface area contributed by atoms with Gasteiger partial charge in [-0.25, -0.2) is 0 Å². The molecule has 0 radical (unpaired) electrons. The van der Waals surface area contributed by atoms with Gasteiger partial charge in [-0.3, -0.25) is 14.5 Å².